The summed E-state index contributed by atoms with van der Waals surface area (Å²) in [5, 5.41) is 1.36. The number of alkyl halides is 3. The Bertz CT molecular complexity index is 1330. The van der Waals surface area contributed by atoms with E-state index in [9.17, 15) is 22.0 Å². The maximum absolute atomic E-state index is 14.9. The summed E-state index contributed by atoms with van der Waals surface area (Å²) in [7, 11) is 0. The fourth-order valence-corrected chi connectivity index (χ4v) is 4.34. The second-order valence-corrected chi connectivity index (χ2v) is 7.89. The standard InChI is InChI=1S/C22H14ClF5N4/c23-11-1-4-17-15(9-11)13-6-8-32(21-29-7-5-18(31-21)22(26,27)28)20(19(13)30-17)14-3-2-12(24)10-16(14)25/h1-5,7,9-10,20,30H,6,8H2. The molecule has 3 heterocycles. The molecule has 0 saturated carbocycles. The van der Waals surface area contributed by atoms with Crippen LogP contribution in [-0.2, 0) is 12.6 Å². The van der Waals surface area contributed by atoms with Gasteiger partial charge < -0.3 is 9.88 Å². The summed E-state index contributed by atoms with van der Waals surface area (Å²) < 4.78 is 68.2. The molecule has 164 valence electrons. The molecule has 1 atom stereocenters. The Labute approximate surface area is 183 Å². The van der Waals surface area contributed by atoms with Crippen LogP contribution in [-0.4, -0.2) is 21.5 Å². The third-order valence-corrected chi connectivity index (χ3v) is 5.77. The number of aromatic amines is 1. The van der Waals surface area contributed by atoms with Gasteiger partial charge in [-0.1, -0.05) is 17.7 Å². The number of rotatable bonds is 2. The van der Waals surface area contributed by atoms with E-state index in [0.29, 0.717) is 17.1 Å². The first-order chi connectivity index (χ1) is 15.2. The number of halogens is 6. The van der Waals surface area contributed by atoms with Crippen LogP contribution < -0.4 is 4.90 Å². The van der Waals surface area contributed by atoms with Crippen molar-refractivity contribution in [3.8, 4) is 0 Å². The number of hydrogen-bond donors (Lipinski definition) is 1. The summed E-state index contributed by atoms with van der Waals surface area (Å²) in [4.78, 5) is 12.4. The molecule has 4 aromatic rings. The minimum atomic E-state index is -4.66. The maximum Gasteiger partial charge on any atom is 0.433 e. The topological polar surface area (TPSA) is 44.8 Å². The molecule has 0 bridgehead atoms. The van der Waals surface area contributed by atoms with Gasteiger partial charge in [0.25, 0.3) is 0 Å². The Morgan fingerprint density at radius 3 is 2.62 bits per heavy atom. The average molecular weight is 465 g/mol. The highest BCUT2D eigenvalue weighted by Gasteiger charge is 2.37. The van der Waals surface area contributed by atoms with Crippen LogP contribution in [0.1, 0.15) is 28.6 Å². The van der Waals surface area contributed by atoms with E-state index in [2.05, 4.69) is 15.0 Å². The lowest BCUT2D eigenvalue weighted by atomic mass is 9.92. The van der Waals surface area contributed by atoms with Gasteiger partial charge >= 0.3 is 6.18 Å². The van der Waals surface area contributed by atoms with Crippen molar-refractivity contribution in [3.63, 3.8) is 0 Å². The molecule has 5 rings (SSSR count). The van der Waals surface area contributed by atoms with Gasteiger partial charge in [0.2, 0.25) is 5.95 Å². The Balaban J connectivity index is 1.72. The van der Waals surface area contributed by atoms with Gasteiger partial charge in [0.15, 0.2) is 0 Å². The maximum atomic E-state index is 14.9. The number of nitrogens with one attached hydrogen (secondary N) is 1. The Kier molecular flexibility index (Phi) is 4.81. The number of H-pyrrole nitrogens is 1. The number of nitrogens with zero attached hydrogens (tertiary/aromatic N) is 3. The molecule has 32 heavy (non-hydrogen) atoms. The Hall–Kier alpha value is -3.20. The van der Waals surface area contributed by atoms with Crippen LogP contribution in [0.15, 0.2) is 48.7 Å². The fourth-order valence-electron chi connectivity index (χ4n) is 4.17. The van der Waals surface area contributed by atoms with Crippen molar-refractivity contribution < 1.29 is 22.0 Å². The summed E-state index contributed by atoms with van der Waals surface area (Å²) in [6.45, 7) is 0.218. The molecule has 0 aliphatic carbocycles. The molecule has 0 radical (unpaired) electrons. The third-order valence-electron chi connectivity index (χ3n) is 5.54. The molecule has 2 aromatic carbocycles. The number of aromatic nitrogens is 3. The van der Waals surface area contributed by atoms with Crippen LogP contribution in [0.3, 0.4) is 0 Å². The first-order valence-corrected chi connectivity index (χ1v) is 10.0. The molecule has 0 saturated heterocycles. The van der Waals surface area contributed by atoms with Crippen molar-refractivity contribution in [1.29, 1.82) is 0 Å². The van der Waals surface area contributed by atoms with E-state index in [1.54, 1.807) is 18.2 Å². The van der Waals surface area contributed by atoms with Crippen molar-refractivity contribution in [1.82, 2.24) is 15.0 Å². The van der Waals surface area contributed by atoms with Crippen LogP contribution in [0, 0.1) is 11.6 Å². The normalized spacial score (nSPS) is 16.4. The van der Waals surface area contributed by atoms with E-state index in [4.69, 9.17) is 11.6 Å². The lowest BCUT2D eigenvalue weighted by Gasteiger charge is -2.36. The van der Waals surface area contributed by atoms with Crippen LogP contribution in [0.25, 0.3) is 10.9 Å². The predicted octanol–water partition coefficient (Wildman–Crippen LogP) is 6.06. The Morgan fingerprint density at radius 2 is 1.88 bits per heavy atom. The number of fused-ring (bicyclic) bond motifs is 3. The number of anilines is 1. The third kappa shape index (κ3) is 3.46. The minimum absolute atomic E-state index is 0.0889. The van der Waals surface area contributed by atoms with Crippen LogP contribution in [0.5, 0.6) is 0 Å². The zero-order chi connectivity index (χ0) is 22.6. The van der Waals surface area contributed by atoms with Gasteiger partial charge in [0.05, 0.1) is 0 Å². The van der Waals surface area contributed by atoms with Gasteiger partial charge in [-0.05, 0) is 42.3 Å². The van der Waals surface area contributed by atoms with E-state index < -0.39 is 29.5 Å². The van der Waals surface area contributed by atoms with Gasteiger partial charge in [0, 0.05) is 46.0 Å². The highest BCUT2D eigenvalue weighted by molar-refractivity contribution is 6.31. The zero-order valence-corrected chi connectivity index (χ0v) is 17.0. The predicted molar refractivity (Wildman–Crippen MR) is 110 cm³/mol. The van der Waals surface area contributed by atoms with Gasteiger partial charge in [-0.15, -0.1) is 0 Å². The molecule has 4 nitrogen and oxygen atoms in total. The summed E-state index contributed by atoms with van der Waals surface area (Å²) in [6.07, 6.45) is -3.20. The van der Waals surface area contributed by atoms with Crippen molar-refractivity contribution >= 4 is 28.5 Å². The first-order valence-electron chi connectivity index (χ1n) is 9.64. The summed E-state index contributed by atoms with van der Waals surface area (Å²) in [5.74, 6) is -1.78. The van der Waals surface area contributed by atoms with Crippen molar-refractivity contribution in [2.45, 2.75) is 18.6 Å². The summed E-state index contributed by atoms with van der Waals surface area (Å²) >= 11 is 6.15. The molecule has 1 aliphatic heterocycles. The van der Waals surface area contributed by atoms with Gasteiger partial charge in [-0.2, -0.15) is 13.2 Å². The quantitative estimate of drug-likeness (QED) is 0.367. The van der Waals surface area contributed by atoms with E-state index >= 15 is 0 Å². The fraction of sp³-hybridized carbons (Fsp3) is 0.182. The van der Waals surface area contributed by atoms with E-state index in [1.165, 1.54) is 11.0 Å². The van der Waals surface area contributed by atoms with E-state index in [0.717, 1.165) is 40.9 Å². The highest BCUT2D eigenvalue weighted by atomic mass is 35.5. The first kappa shape index (κ1) is 20.7. The Morgan fingerprint density at radius 1 is 1.06 bits per heavy atom. The second-order valence-electron chi connectivity index (χ2n) is 7.46. The van der Waals surface area contributed by atoms with Gasteiger partial charge in [0.1, 0.15) is 23.4 Å². The minimum Gasteiger partial charge on any atom is -0.356 e. The lowest BCUT2D eigenvalue weighted by Crippen LogP contribution is -2.38. The van der Waals surface area contributed by atoms with Crippen LogP contribution in [0.2, 0.25) is 5.02 Å². The van der Waals surface area contributed by atoms with Crippen LogP contribution in [0.4, 0.5) is 27.9 Å². The molecular formula is C22H14ClF5N4. The number of hydrogen-bond acceptors (Lipinski definition) is 3. The zero-order valence-electron chi connectivity index (χ0n) is 16.2. The molecule has 0 spiro atoms. The van der Waals surface area contributed by atoms with Crippen molar-refractivity contribution in [3.05, 3.63) is 87.8 Å². The number of benzene rings is 2. The molecular weight excluding hydrogens is 451 g/mol. The molecule has 1 unspecified atom stereocenters. The summed E-state index contributed by atoms with van der Waals surface area (Å²) in [5.41, 5.74) is 1.17. The monoisotopic (exact) mass is 464 g/mol. The van der Waals surface area contributed by atoms with E-state index in [1.807, 2.05) is 0 Å². The molecule has 10 heteroatoms. The van der Waals surface area contributed by atoms with Gasteiger partial charge in [-0.3, -0.25) is 0 Å². The van der Waals surface area contributed by atoms with Gasteiger partial charge in [-0.25, -0.2) is 18.7 Å². The SMILES string of the molecule is Fc1ccc(C2c3[nH]c4ccc(Cl)cc4c3CCN2c2nccc(C(F)(F)F)n2)c(F)c1. The van der Waals surface area contributed by atoms with Crippen molar-refractivity contribution in [2.24, 2.45) is 0 Å². The second kappa shape index (κ2) is 7.44. The van der Waals surface area contributed by atoms with Crippen molar-refractivity contribution in [2.75, 3.05) is 11.4 Å². The smallest absolute Gasteiger partial charge is 0.356 e. The molecule has 1 N–H and O–H groups in total. The molecule has 1 aliphatic rings. The highest BCUT2D eigenvalue weighted by Crippen LogP contribution is 2.41. The molecule has 2 aromatic heterocycles. The largest absolute Gasteiger partial charge is 0.433 e. The van der Waals surface area contributed by atoms with Crippen LogP contribution >= 0.6 is 11.6 Å². The summed E-state index contributed by atoms with van der Waals surface area (Å²) in [6, 6.07) is 8.27. The van der Waals surface area contributed by atoms with E-state index in [-0.39, 0.29) is 18.1 Å². The molecule has 0 fully saturated rings. The molecule has 0 amide bonds. The lowest BCUT2D eigenvalue weighted by molar-refractivity contribution is -0.141. The average Bonchev–Trinajstić information content (AvgIpc) is 3.11.